The summed E-state index contributed by atoms with van der Waals surface area (Å²) in [6.07, 6.45) is 2.28. The number of rotatable bonds is 4. The molecule has 1 heterocycles. The van der Waals surface area contributed by atoms with Crippen LogP contribution in [0.4, 0.5) is 5.69 Å². The van der Waals surface area contributed by atoms with Gasteiger partial charge in [0.1, 0.15) is 0 Å². The Labute approximate surface area is 131 Å². The quantitative estimate of drug-likeness (QED) is 0.896. The molecule has 0 spiro atoms. The summed E-state index contributed by atoms with van der Waals surface area (Å²) in [5.41, 5.74) is 6.36. The Morgan fingerprint density at radius 2 is 2.20 bits per heavy atom. The highest BCUT2D eigenvalue weighted by atomic mass is 35.5. The highest BCUT2D eigenvalue weighted by molar-refractivity contribution is 6.33. The van der Waals surface area contributed by atoms with Crippen LogP contribution in [0.15, 0.2) is 24.3 Å². The number of amides is 1. The van der Waals surface area contributed by atoms with E-state index in [1.54, 1.807) is 12.1 Å². The summed E-state index contributed by atoms with van der Waals surface area (Å²) in [6.45, 7) is 2.98. The normalized spacial score (nSPS) is 19.2. The number of nitrogens with zero attached hydrogens (tertiary/aromatic N) is 1. The number of carbonyl (C=O) groups is 1. The van der Waals surface area contributed by atoms with Gasteiger partial charge >= 0.3 is 0 Å². The molecule has 4 nitrogen and oxygen atoms in total. The Hall–Kier alpha value is -0.810. The van der Waals surface area contributed by atoms with Crippen molar-refractivity contribution in [3.63, 3.8) is 0 Å². The second kappa shape index (κ2) is 8.47. The van der Waals surface area contributed by atoms with Gasteiger partial charge in [0, 0.05) is 6.54 Å². The molecule has 0 aliphatic carbocycles. The van der Waals surface area contributed by atoms with Crippen molar-refractivity contribution in [1.29, 1.82) is 0 Å². The number of benzene rings is 1. The zero-order chi connectivity index (χ0) is 13.7. The topological polar surface area (TPSA) is 58.4 Å². The van der Waals surface area contributed by atoms with Crippen LogP contribution >= 0.6 is 24.0 Å². The molecule has 112 valence electrons. The molecular formula is C14H21Cl2N3O. The fourth-order valence-corrected chi connectivity index (χ4v) is 2.63. The van der Waals surface area contributed by atoms with E-state index in [9.17, 15) is 4.79 Å². The molecule has 1 aromatic carbocycles. The van der Waals surface area contributed by atoms with Gasteiger partial charge in [0.05, 0.1) is 17.3 Å². The molecule has 0 bridgehead atoms. The summed E-state index contributed by atoms with van der Waals surface area (Å²) in [7, 11) is 0. The van der Waals surface area contributed by atoms with Crippen LogP contribution in [-0.4, -0.2) is 37.0 Å². The Kier molecular flexibility index (Phi) is 7.30. The fourth-order valence-electron chi connectivity index (χ4n) is 2.44. The van der Waals surface area contributed by atoms with Crippen LogP contribution in [0.3, 0.4) is 0 Å². The van der Waals surface area contributed by atoms with Crippen molar-refractivity contribution in [1.82, 2.24) is 4.90 Å². The lowest BCUT2D eigenvalue weighted by atomic mass is 9.98. The van der Waals surface area contributed by atoms with E-state index >= 15 is 0 Å². The molecule has 2 rings (SSSR count). The zero-order valence-electron chi connectivity index (χ0n) is 11.3. The monoisotopic (exact) mass is 317 g/mol. The van der Waals surface area contributed by atoms with Gasteiger partial charge in [0.2, 0.25) is 5.91 Å². The van der Waals surface area contributed by atoms with Crippen molar-refractivity contribution in [2.45, 2.75) is 12.8 Å². The van der Waals surface area contributed by atoms with Crippen LogP contribution in [-0.2, 0) is 4.79 Å². The Morgan fingerprint density at radius 1 is 1.45 bits per heavy atom. The van der Waals surface area contributed by atoms with Crippen LogP contribution < -0.4 is 11.1 Å². The molecule has 1 fully saturated rings. The third kappa shape index (κ3) is 4.94. The molecule has 0 radical (unpaired) electrons. The lowest BCUT2D eigenvalue weighted by Gasteiger charge is -2.31. The SMILES string of the molecule is Cl.NCC1CCCN(CC(=O)Nc2ccccc2Cl)C1. The molecule has 0 aromatic heterocycles. The average molecular weight is 318 g/mol. The van der Waals surface area contributed by atoms with Gasteiger partial charge in [0.25, 0.3) is 0 Å². The van der Waals surface area contributed by atoms with Gasteiger partial charge in [-0.3, -0.25) is 9.69 Å². The largest absolute Gasteiger partial charge is 0.330 e. The minimum absolute atomic E-state index is 0. The molecule has 1 unspecified atom stereocenters. The molecule has 0 saturated carbocycles. The van der Waals surface area contributed by atoms with Gasteiger partial charge in [-0.15, -0.1) is 12.4 Å². The van der Waals surface area contributed by atoms with Crippen molar-refractivity contribution in [2.75, 3.05) is 31.5 Å². The van der Waals surface area contributed by atoms with Crippen LogP contribution in [0.2, 0.25) is 5.02 Å². The Morgan fingerprint density at radius 3 is 2.90 bits per heavy atom. The molecule has 6 heteroatoms. The van der Waals surface area contributed by atoms with Crippen LogP contribution in [0, 0.1) is 5.92 Å². The van der Waals surface area contributed by atoms with E-state index in [2.05, 4.69) is 10.2 Å². The first-order valence-corrected chi connectivity index (χ1v) is 7.03. The number of nitrogens with one attached hydrogen (secondary N) is 1. The van der Waals surface area contributed by atoms with Crippen LogP contribution in [0.5, 0.6) is 0 Å². The first-order chi connectivity index (χ1) is 9.19. The standard InChI is InChI=1S/C14H20ClN3O.ClH/c15-12-5-1-2-6-13(12)17-14(19)10-18-7-3-4-11(8-16)9-18;/h1-2,5-6,11H,3-4,7-10,16H2,(H,17,19);1H. The van der Waals surface area contributed by atoms with E-state index in [4.69, 9.17) is 17.3 Å². The first kappa shape index (κ1) is 17.2. The molecule has 3 N–H and O–H groups in total. The van der Waals surface area contributed by atoms with E-state index in [-0.39, 0.29) is 18.3 Å². The Balaban J connectivity index is 0.00000200. The molecule has 1 aliphatic rings. The summed E-state index contributed by atoms with van der Waals surface area (Å²) >= 11 is 6.01. The van der Waals surface area contributed by atoms with E-state index < -0.39 is 0 Å². The second-order valence-corrected chi connectivity index (χ2v) is 5.41. The number of anilines is 1. The molecule has 20 heavy (non-hydrogen) atoms. The number of halogens is 2. The van der Waals surface area contributed by atoms with Gasteiger partial charge in [0.15, 0.2) is 0 Å². The molecule has 1 aliphatic heterocycles. The molecule has 1 aromatic rings. The predicted octanol–water partition coefficient (Wildman–Crippen LogP) is 2.37. The lowest BCUT2D eigenvalue weighted by Crippen LogP contribution is -2.42. The molecule has 1 saturated heterocycles. The minimum Gasteiger partial charge on any atom is -0.330 e. The van der Waals surface area contributed by atoms with E-state index in [1.165, 1.54) is 6.42 Å². The highest BCUT2D eigenvalue weighted by Crippen LogP contribution is 2.20. The van der Waals surface area contributed by atoms with Crippen LogP contribution in [0.1, 0.15) is 12.8 Å². The maximum absolute atomic E-state index is 12.0. The van der Waals surface area contributed by atoms with Gasteiger partial charge in [-0.2, -0.15) is 0 Å². The number of carbonyl (C=O) groups excluding carboxylic acids is 1. The third-order valence-electron chi connectivity index (χ3n) is 3.45. The maximum atomic E-state index is 12.0. The number of para-hydroxylation sites is 1. The zero-order valence-corrected chi connectivity index (χ0v) is 12.9. The molecule has 1 atom stereocenters. The number of piperidine rings is 1. The summed E-state index contributed by atoms with van der Waals surface area (Å²) < 4.78 is 0. The molecular weight excluding hydrogens is 297 g/mol. The first-order valence-electron chi connectivity index (χ1n) is 6.66. The minimum atomic E-state index is -0.0224. The average Bonchev–Trinajstić information content (AvgIpc) is 2.41. The van der Waals surface area contributed by atoms with Crippen molar-refractivity contribution in [2.24, 2.45) is 11.7 Å². The Bertz CT molecular complexity index is 442. The van der Waals surface area contributed by atoms with E-state index in [0.717, 1.165) is 19.5 Å². The van der Waals surface area contributed by atoms with E-state index in [1.807, 2.05) is 12.1 Å². The van der Waals surface area contributed by atoms with Gasteiger partial charge in [-0.05, 0) is 44.0 Å². The van der Waals surface area contributed by atoms with Crippen LogP contribution in [0.25, 0.3) is 0 Å². The van der Waals surface area contributed by atoms with Crippen molar-refractivity contribution in [3.05, 3.63) is 29.3 Å². The van der Waals surface area contributed by atoms with E-state index in [0.29, 0.717) is 29.7 Å². The van der Waals surface area contributed by atoms with Gasteiger partial charge in [-0.25, -0.2) is 0 Å². The third-order valence-corrected chi connectivity index (χ3v) is 3.78. The summed E-state index contributed by atoms with van der Waals surface area (Å²) in [5, 5.41) is 3.41. The second-order valence-electron chi connectivity index (χ2n) is 5.01. The highest BCUT2D eigenvalue weighted by Gasteiger charge is 2.20. The summed E-state index contributed by atoms with van der Waals surface area (Å²) in [4.78, 5) is 14.1. The van der Waals surface area contributed by atoms with Crippen molar-refractivity contribution < 1.29 is 4.79 Å². The lowest BCUT2D eigenvalue weighted by molar-refractivity contribution is -0.117. The van der Waals surface area contributed by atoms with Gasteiger partial charge in [-0.1, -0.05) is 23.7 Å². The number of hydrogen-bond acceptors (Lipinski definition) is 3. The number of likely N-dealkylation sites (tertiary alicyclic amines) is 1. The predicted molar refractivity (Wildman–Crippen MR) is 85.5 cm³/mol. The number of hydrogen-bond donors (Lipinski definition) is 2. The summed E-state index contributed by atoms with van der Waals surface area (Å²) in [6, 6.07) is 7.27. The maximum Gasteiger partial charge on any atom is 0.238 e. The summed E-state index contributed by atoms with van der Waals surface area (Å²) in [5.74, 6) is 0.493. The van der Waals surface area contributed by atoms with Crippen molar-refractivity contribution in [3.8, 4) is 0 Å². The molecule has 1 amide bonds. The smallest absolute Gasteiger partial charge is 0.238 e. The fraction of sp³-hybridized carbons (Fsp3) is 0.500. The van der Waals surface area contributed by atoms with Gasteiger partial charge < -0.3 is 11.1 Å². The number of nitrogens with two attached hydrogens (primary N) is 1. The van der Waals surface area contributed by atoms with Crippen molar-refractivity contribution >= 4 is 35.6 Å².